The first-order valence-electron chi connectivity index (χ1n) is 6.10. The highest BCUT2D eigenvalue weighted by Crippen LogP contribution is 2.25. The molecule has 110 valence electrons. The molecule has 1 atom stereocenters. The first-order chi connectivity index (χ1) is 9.90. The lowest BCUT2D eigenvalue weighted by Crippen LogP contribution is -2.27. The van der Waals surface area contributed by atoms with Gasteiger partial charge < -0.3 is 5.32 Å². The van der Waals surface area contributed by atoms with Gasteiger partial charge in [-0.05, 0) is 25.1 Å². The third kappa shape index (κ3) is 3.52. The Kier molecular flexibility index (Phi) is 4.80. The van der Waals surface area contributed by atoms with Crippen molar-refractivity contribution in [3.05, 3.63) is 69.2 Å². The molecule has 1 N–H and O–H groups in total. The van der Waals surface area contributed by atoms with Gasteiger partial charge in [0.05, 0.1) is 21.7 Å². The van der Waals surface area contributed by atoms with E-state index >= 15 is 0 Å². The largest absolute Gasteiger partial charge is 0.345 e. The van der Waals surface area contributed by atoms with Crippen LogP contribution in [0.2, 0.25) is 10.0 Å². The Labute approximate surface area is 130 Å². The van der Waals surface area contributed by atoms with Crippen LogP contribution in [0.15, 0.2) is 36.4 Å². The molecular weight excluding hydrogens is 319 g/mol. The molecule has 2 aromatic rings. The van der Waals surface area contributed by atoms with Gasteiger partial charge in [-0.15, -0.1) is 0 Å². The average molecular weight is 330 g/mol. The molecule has 0 spiro atoms. The Bertz CT molecular complexity index is 671. The van der Waals surface area contributed by atoms with Crippen molar-refractivity contribution >= 4 is 29.1 Å². The number of amides is 1. The van der Waals surface area contributed by atoms with Crippen LogP contribution < -0.4 is 5.32 Å². The molecule has 6 heteroatoms. The van der Waals surface area contributed by atoms with E-state index in [1.807, 2.05) is 0 Å². The number of hydrogen-bond acceptors (Lipinski definition) is 1. The van der Waals surface area contributed by atoms with Gasteiger partial charge in [0, 0.05) is 11.6 Å². The summed E-state index contributed by atoms with van der Waals surface area (Å²) in [5.41, 5.74) is 0.295. The van der Waals surface area contributed by atoms with Crippen LogP contribution in [0, 0.1) is 11.6 Å². The minimum atomic E-state index is -0.729. The van der Waals surface area contributed by atoms with E-state index in [4.69, 9.17) is 23.2 Å². The van der Waals surface area contributed by atoms with Gasteiger partial charge in [-0.2, -0.15) is 0 Å². The van der Waals surface area contributed by atoms with Crippen LogP contribution in [0.25, 0.3) is 0 Å². The lowest BCUT2D eigenvalue weighted by molar-refractivity contribution is 0.0939. The maximum atomic E-state index is 13.7. The van der Waals surface area contributed by atoms with Gasteiger partial charge in [0.1, 0.15) is 11.6 Å². The molecule has 0 aliphatic carbocycles. The van der Waals surface area contributed by atoms with Gasteiger partial charge in [0.25, 0.3) is 5.91 Å². The highest BCUT2D eigenvalue weighted by atomic mass is 35.5. The van der Waals surface area contributed by atoms with Crippen LogP contribution in [0.5, 0.6) is 0 Å². The number of benzene rings is 2. The minimum Gasteiger partial charge on any atom is -0.345 e. The van der Waals surface area contributed by atoms with Crippen molar-refractivity contribution in [2.75, 3.05) is 0 Å². The first kappa shape index (κ1) is 15.7. The summed E-state index contributed by atoms with van der Waals surface area (Å²) < 4.78 is 26.6. The van der Waals surface area contributed by atoms with Crippen LogP contribution >= 0.6 is 23.2 Å². The third-order valence-electron chi connectivity index (χ3n) is 2.97. The van der Waals surface area contributed by atoms with Gasteiger partial charge in [-0.1, -0.05) is 35.3 Å². The molecule has 0 aliphatic heterocycles. The number of carbonyl (C=O) groups is 1. The van der Waals surface area contributed by atoms with E-state index in [2.05, 4.69) is 5.32 Å². The lowest BCUT2D eigenvalue weighted by atomic mass is 10.1. The van der Waals surface area contributed by atoms with E-state index < -0.39 is 23.6 Å². The second-order valence-corrected chi connectivity index (χ2v) is 5.27. The van der Waals surface area contributed by atoms with Crippen LogP contribution in [0.3, 0.4) is 0 Å². The van der Waals surface area contributed by atoms with E-state index in [1.165, 1.54) is 18.2 Å². The molecule has 0 aromatic heterocycles. The summed E-state index contributed by atoms with van der Waals surface area (Å²) in [6.07, 6.45) is 0. The summed E-state index contributed by atoms with van der Waals surface area (Å²) in [4.78, 5) is 12.2. The standard InChI is InChI=1S/C15H11Cl2F2NO/c1-8(10-6-5-9(18)7-13(10)19)20-15(21)14-11(16)3-2-4-12(14)17/h2-8H,1H3,(H,20,21). The van der Waals surface area contributed by atoms with Gasteiger partial charge in [-0.3, -0.25) is 4.79 Å². The average Bonchev–Trinajstić information content (AvgIpc) is 2.37. The van der Waals surface area contributed by atoms with Crippen LogP contribution in [-0.2, 0) is 0 Å². The molecule has 0 saturated heterocycles. The fraction of sp³-hybridized carbons (Fsp3) is 0.133. The van der Waals surface area contributed by atoms with Crippen molar-refractivity contribution in [3.63, 3.8) is 0 Å². The van der Waals surface area contributed by atoms with E-state index in [9.17, 15) is 13.6 Å². The summed E-state index contributed by atoms with van der Waals surface area (Å²) in [6.45, 7) is 1.58. The molecule has 21 heavy (non-hydrogen) atoms. The van der Waals surface area contributed by atoms with Crippen molar-refractivity contribution in [3.8, 4) is 0 Å². The predicted octanol–water partition coefficient (Wildman–Crippen LogP) is 4.76. The number of rotatable bonds is 3. The number of halogens is 4. The molecule has 0 radical (unpaired) electrons. The van der Waals surface area contributed by atoms with Crippen LogP contribution in [-0.4, -0.2) is 5.91 Å². The zero-order valence-corrected chi connectivity index (χ0v) is 12.5. The van der Waals surface area contributed by atoms with Crippen molar-refractivity contribution in [1.29, 1.82) is 0 Å². The highest BCUT2D eigenvalue weighted by molar-refractivity contribution is 6.39. The summed E-state index contributed by atoms with van der Waals surface area (Å²) in [6, 6.07) is 7.19. The second-order valence-electron chi connectivity index (χ2n) is 4.46. The molecule has 2 aromatic carbocycles. The Hall–Kier alpha value is -1.65. The smallest absolute Gasteiger partial charge is 0.254 e. The van der Waals surface area contributed by atoms with Crippen LogP contribution in [0.1, 0.15) is 28.9 Å². The molecule has 0 aliphatic rings. The summed E-state index contributed by atoms with van der Waals surface area (Å²) in [7, 11) is 0. The maximum absolute atomic E-state index is 13.7. The molecule has 2 rings (SSSR count). The van der Waals surface area contributed by atoms with Crippen molar-refractivity contribution in [1.82, 2.24) is 5.32 Å². The van der Waals surface area contributed by atoms with Gasteiger partial charge in [0.2, 0.25) is 0 Å². The predicted molar refractivity (Wildman–Crippen MR) is 78.7 cm³/mol. The van der Waals surface area contributed by atoms with E-state index in [0.29, 0.717) is 0 Å². The number of hydrogen-bond donors (Lipinski definition) is 1. The molecule has 0 fully saturated rings. The van der Waals surface area contributed by atoms with E-state index in [1.54, 1.807) is 13.0 Å². The highest BCUT2D eigenvalue weighted by Gasteiger charge is 2.19. The molecule has 1 unspecified atom stereocenters. The number of carbonyl (C=O) groups excluding carboxylic acids is 1. The quantitative estimate of drug-likeness (QED) is 0.863. The van der Waals surface area contributed by atoms with Crippen molar-refractivity contribution in [2.45, 2.75) is 13.0 Å². The topological polar surface area (TPSA) is 29.1 Å². The Morgan fingerprint density at radius 1 is 1.14 bits per heavy atom. The maximum Gasteiger partial charge on any atom is 0.254 e. The summed E-state index contributed by atoms with van der Waals surface area (Å²) in [5.74, 6) is -1.93. The summed E-state index contributed by atoms with van der Waals surface area (Å²) >= 11 is 11.9. The molecule has 1 amide bonds. The lowest BCUT2D eigenvalue weighted by Gasteiger charge is -2.16. The van der Waals surface area contributed by atoms with Crippen molar-refractivity contribution in [2.24, 2.45) is 0 Å². The van der Waals surface area contributed by atoms with Gasteiger partial charge in [-0.25, -0.2) is 8.78 Å². The molecule has 0 heterocycles. The second kappa shape index (κ2) is 6.41. The molecule has 0 bridgehead atoms. The van der Waals surface area contributed by atoms with Crippen molar-refractivity contribution < 1.29 is 13.6 Å². The van der Waals surface area contributed by atoms with E-state index in [0.717, 1.165) is 12.1 Å². The normalized spacial score (nSPS) is 12.0. The zero-order chi connectivity index (χ0) is 15.6. The first-order valence-corrected chi connectivity index (χ1v) is 6.85. The SMILES string of the molecule is CC(NC(=O)c1c(Cl)cccc1Cl)c1ccc(F)cc1F. The Balaban J connectivity index is 2.23. The van der Waals surface area contributed by atoms with Crippen LogP contribution in [0.4, 0.5) is 8.78 Å². The molecule has 2 nitrogen and oxygen atoms in total. The fourth-order valence-electron chi connectivity index (χ4n) is 1.91. The van der Waals surface area contributed by atoms with Gasteiger partial charge in [0.15, 0.2) is 0 Å². The minimum absolute atomic E-state index is 0.121. The van der Waals surface area contributed by atoms with E-state index in [-0.39, 0.29) is 21.2 Å². The molecular formula is C15H11Cl2F2NO. The summed E-state index contributed by atoms with van der Waals surface area (Å²) in [5, 5.41) is 2.99. The third-order valence-corrected chi connectivity index (χ3v) is 3.60. The zero-order valence-electron chi connectivity index (χ0n) is 11.0. The fourth-order valence-corrected chi connectivity index (χ4v) is 2.48. The Morgan fingerprint density at radius 2 is 1.76 bits per heavy atom. The number of nitrogens with one attached hydrogen (secondary N) is 1. The monoisotopic (exact) mass is 329 g/mol. The Morgan fingerprint density at radius 3 is 2.33 bits per heavy atom. The molecule has 0 saturated carbocycles. The van der Waals surface area contributed by atoms with Gasteiger partial charge >= 0.3 is 0 Å².